The number of unbranched alkanes of at least 4 members (excludes halogenated alkanes) is 1. The van der Waals surface area contributed by atoms with E-state index in [1.165, 1.54) is 12.8 Å². The zero-order chi connectivity index (χ0) is 16.1. The second-order valence-corrected chi connectivity index (χ2v) is 11.4. The minimum atomic E-state index is -1.34. The molecule has 0 aliphatic carbocycles. The van der Waals surface area contributed by atoms with Gasteiger partial charge in [-0.05, 0) is 32.1 Å². The predicted octanol–water partition coefficient (Wildman–Crippen LogP) is 5.74. The Hall–Kier alpha value is -0.783. The van der Waals surface area contributed by atoms with Crippen LogP contribution < -0.4 is 0 Å². The number of hydrogen-bond donors (Lipinski definition) is 0. The highest BCUT2D eigenvalue weighted by Crippen LogP contribution is 2.16. The number of rotatable bonds is 11. The third-order valence-electron chi connectivity index (χ3n) is 3.17. The van der Waals surface area contributed by atoms with E-state index < -0.39 is 8.07 Å². The maximum Gasteiger partial charge on any atom is 0.129 e. The van der Waals surface area contributed by atoms with Crippen LogP contribution in [0, 0.1) is 11.5 Å². The minimum absolute atomic E-state index is 0.0568. The van der Waals surface area contributed by atoms with Gasteiger partial charge in [-0.3, -0.25) is 0 Å². The number of allylic oxidation sites excluding steroid dienone is 2. The Bertz CT molecular complexity index is 343. The molecule has 0 aromatic carbocycles. The molecule has 0 saturated heterocycles. The van der Waals surface area contributed by atoms with Crippen molar-refractivity contribution in [2.75, 3.05) is 0 Å². The van der Waals surface area contributed by atoms with Crippen molar-refractivity contribution in [1.29, 1.82) is 0 Å². The fourth-order valence-corrected chi connectivity index (χ4v) is 2.58. The third-order valence-corrected chi connectivity index (χ3v) is 4.06. The van der Waals surface area contributed by atoms with Gasteiger partial charge in [0, 0.05) is 0 Å². The maximum absolute atomic E-state index is 6.31. The van der Waals surface area contributed by atoms with E-state index in [1.807, 2.05) is 12.2 Å². The van der Waals surface area contributed by atoms with Crippen LogP contribution in [-0.2, 0) is 4.74 Å². The summed E-state index contributed by atoms with van der Waals surface area (Å²) in [7, 11) is -1.34. The zero-order valence-corrected chi connectivity index (χ0v) is 15.6. The van der Waals surface area contributed by atoms with E-state index in [4.69, 9.17) is 4.74 Å². The van der Waals surface area contributed by atoms with Gasteiger partial charge < -0.3 is 4.74 Å². The van der Waals surface area contributed by atoms with Crippen molar-refractivity contribution >= 4 is 8.07 Å². The molecule has 0 aromatic rings. The van der Waals surface area contributed by atoms with Crippen LogP contribution in [0.4, 0.5) is 0 Å². The van der Waals surface area contributed by atoms with Crippen LogP contribution in [0.5, 0.6) is 0 Å². The van der Waals surface area contributed by atoms with Crippen LogP contribution in [0.25, 0.3) is 0 Å². The van der Waals surface area contributed by atoms with Crippen LogP contribution in [0.3, 0.4) is 0 Å². The summed E-state index contributed by atoms with van der Waals surface area (Å²) >= 11 is 0. The topological polar surface area (TPSA) is 9.23 Å². The summed E-state index contributed by atoms with van der Waals surface area (Å²) in [6.45, 7) is 16.7. The molecule has 0 aliphatic rings. The van der Waals surface area contributed by atoms with Gasteiger partial charge in [-0.15, -0.1) is 18.7 Å². The van der Waals surface area contributed by atoms with Gasteiger partial charge >= 0.3 is 0 Å². The molecule has 0 bridgehead atoms. The highest BCUT2D eigenvalue weighted by Gasteiger charge is 2.15. The second-order valence-electron chi connectivity index (χ2n) is 6.64. The molecule has 0 aromatic heterocycles. The number of hydrogen-bond acceptors (Lipinski definition) is 1. The Labute approximate surface area is 133 Å². The Morgan fingerprint density at radius 1 is 1.05 bits per heavy atom. The summed E-state index contributed by atoms with van der Waals surface area (Å²) in [6.07, 6.45) is 11.9. The Morgan fingerprint density at radius 3 is 2.19 bits per heavy atom. The van der Waals surface area contributed by atoms with Gasteiger partial charge in [-0.2, -0.15) is 0 Å². The van der Waals surface area contributed by atoms with Crippen molar-refractivity contribution < 1.29 is 4.74 Å². The minimum Gasteiger partial charge on any atom is -0.362 e. The van der Waals surface area contributed by atoms with Crippen LogP contribution >= 0.6 is 0 Å². The summed E-state index contributed by atoms with van der Waals surface area (Å²) in [4.78, 5) is 0. The van der Waals surface area contributed by atoms with E-state index in [1.54, 1.807) is 0 Å². The highest BCUT2D eigenvalue weighted by molar-refractivity contribution is 6.83. The van der Waals surface area contributed by atoms with Gasteiger partial charge in [0.05, 0.1) is 6.10 Å². The molecule has 0 radical (unpaired) electrons. The van der Waals surface area contributed by atoms with Crippen molar-refractivity contribution in [1.82, 2.24) is 0 Å². The molecule has 0 rings (SSSR count). The second kappa shape index (κ2) is 11.8. The van der Waals surface area contributed by atoms with E-state index in [0.717, 1.165) is 32.1 Å². The first kappa shape index (κ1) is 20.2. The lowest BCUT2D eigenvalue weighted by atomic mass is 10.1. The Kier molecular flexibility index (Phi) is 11.4. The van der Waals surface area contributed by atoms with Gasteiger partial charge in [0.15, 0.2) is 0 Å². The standard InChI is InChI=1S/C19H34OSi/c1-7-10-13-18(14-11-8-2)20-19(15-12-9-3)16-17-21(4,5)6/h7,9,18-19H,1,3,8,10-15H2,2,4-6H3. The first-order valence-electron chi connectivity index (χ1n) is 8.32. The lowest BCUT2D eigenvalue weighted by molar-refractivity contribution is 0.00473. The lowest BCUT2D eigenvalue weighted by Gasteiger charge is -2.22. The quantitative estimate of drug-likeness (QED) is 0.268. The first-order chi connectivity index (χ1) is 9.92. The molecule has 120 valence electrons. The Balaban J connectivity index is 4.70. The first-order valence-corrected chi connectivity index (χ1v) is 11.8. The Morgan fingerprint density at radius 2 is 1.67 bits per heavy atom. The predicted molar refractivity (Wildman–Crippen MR) is 98.2 cm³/mol. The van der Waals surface area contributed by atoms with Gasteiger partial charge in [-0.25, -0.2) is 0 Å². The van der Waals surface area contributed by atoms with Gasteiger partial charge in [0.1, 0.15) is 14.2 Å². The van der Waals surface area contributed by atoms with E-state index in [0.29, 0.717) is 6.10 Å². The maximum atomic E-state index is 6.31. The molecule has 2 unspecified atom stereocenters. The van der Waals surface area contributed by atoms with Crippen LogP contribution in [-0.4, -0.2) is 20.3 Å². The van der Waals surface area contributed by atoms with Crippen LogP contribution in [0.15, 0.2) is 25.3 Å². The average molecular weight is 307 g/mol. The van der Waals surface area contributed by atoms with Crippen LogP contribution in [0.1, 0.15) is 51.9 Å². The van der Waals surface area contributed by atoms with Crippen molar-refractivity contribution in [2.24, 2.45) is 0 Å². The number of ether oxygens (including phenoxy) is 1. The molecular weight excluding hydrogens is 272 g/mol. The fourth-order valence-electron chi connectivity index (χ4n) is 1.99. The molecule has 0 aliphatic heterocycles. The van der Waals surface area contributed by atoms with Gasteiger partial charge in [0.2, 0.25) is 0 Å². The van der Waals surface area contributed by atoms with Gasteiger partial charge in [-0.1, -0.05) is 57.5 Å². The van der Waals surface area contributed by atoms with Crippen molar-refractivity contribution in [3.8, 4) is 11.5 Å². The van der Waals surface area contributed by atoms with E-state index in [-0.39, 0.29) is 6.10 Å². The lowest BCUT2D eigenvalue weighted by Crippen LogP contribution is -2.23. The molecule has 0 spiro atoms. The molecule has 0 amide bonds. The molecule has 2 heteroatoms. The van der Waals surface area contributed by atoms with Crippen molar-refractivity contribution in [2.45, 2.75) is 83.7 Å². The van der Waals surface area contributed by atoms with E-state index in [2.05, 4.69) is 51.2 Å². The third kappa shape index (κ3) is 12.7. The molecule has 2 atom stereocenters. The molecule has 21 heavy (non-hydrogen) atoms. The van der Waals surface area contributed by atoms with Crippen molar-refractivity contribution in [3.63, 3.8) is 0 Å². The smallest absolute Gasteiger partial charge is 0.129 e. The van der Waals surface area contributed by atoms with E-state index in [9.17, 15) is 0 Å². The largest absolute Gasteiger partial charge is 0.362 e. The van der Waals surface area contributed by atoms with Crippen LogP contribution in [0.2, 0.25) is 19.6 Å². The molecular formula is C19H34OSi. The highest BCUT2D eigenvalue weighted by atomic mass is 28.3. The average Bonchev–Trinajstić information content (AvgIpc) is 2.43. The molecule has 0 fully saturated rings. The van der Waals surface area contributed by atoms with Gasteiger partial charge in [0.25, 0.3) is 0 Å². The molecule has 1 nitrogen and oxygen atoms in total. The summed E-state index contributed by atoms with van der Waals surface area (Å²) in [5.74, 6) is 3.39. The summed E-state index contributed by atoms with van der Waals surface area (Å²) in [5, 5.41) is 0. The molecule has 0 N–H and O–H groups in total. The summed E-state index contributed by atoms with van der Waals surface area (Å²) in [5.41, 5.74) is 3.46. The zero-order valence-electron chi connectivity index (χ0n) is 14.6. The SMILES string of the molecule is C=CCCC(C#C[Si](C)(C)C)OC(CCC=C)CCCC. The molecule has 0 heterocycles. The molecule has 0 saturated carbocycles. The summed E-state index contributed by atoms with van der Waals surface area (Å²) in [6, 6.07) is 0. The van der Waals surface area contributed by atoms with Crippen molar-refractivity contribution in [3.05, 3.63) is 25.3 Å². The summed E-state index contributed by atoms with van der Waals surface area (Å²) < 4.78 is 6.31. The normalized spacial score (nSPS) is 13.9. The monoisotopic (exact) mass is 306 g/mol. The fraction of sp³-hybridized carbons (Fsp3) is 0.684. The van der Waals surface area contributed by atoms with E-state index >= 15 is 0 Å².